The van der Waals surface area contributed by atoms with Crippen LogP contribution in [0.4, 0.5) is 4.39 Å². The second-order valence-electron chi connectivity index (χ2n) is 9.79. The SMILES string of the molecule is CNC(=O)c1cc(-c2c(C)noc2C)cc2c1c1cc(C(=O)N3CC(F)C3)ccc1n2CC1CC1. The first-order valence-corrected chi connectivity index (χ1v) is 12.0. The van der Waals surface area contributed by atoms with Crippen LogP contribution in [0.1, 0.15) is 45.0 Å². The summed E-state index contributed by atoms with van der Waals surface area (Å²) < 4.78 is 21.1. The van der Waals surface area contributed by atoms with Crippen molar-refractivity contribution in [2.45, 2.75) is 39.4 Å². The predicted octanol–water partition coefficient (Wildman–Crippen LogP) is 4.63. The fourth-order valence-corrected chi connectivity index (χ4v) is 5.24. The van der Waals surface area contributed by atoms with Crippen LogP contribution in [0.3, 0.4) is 0 Å². The number of carbonyl (C=O) groups excluding carboxylic acids is 2. The van der Waals surface area contributed by atoms with E-state index in [-0.39, 0.29) is 24.9 Å². The number of aromatic nitrogens is 2. The molecule has 4 aromatic rings. The Morgan fingerprint density at radius 1 is 1.14 bits per heavy atom. The van der Waals surface area contributed by atoms with Gasteiger partial charge in [0, 0.05) is 46.6 Å². The van der Waals surface area contributed by atoms with Gasteiger partial charge in [0.1, 0.15) is 11.9 Å². The first-order valence-electron chi connectivity index (χ1n) is 12.0. The molecule has 0 radical (unpaired) electrons. The molecule has 180 valence electrons. The van der Waals surface area contributed by atoms with E-state index in [1.165, 1.54) is 17.7 Å². The molecule has 2 aromatic heterocycles. The zero-order valence-corrected chi connectivity index (χ0v) is 20.0. The Bertz CT molecular complexity index is 1490. The summed E-state index contributed by atoms with van der Waals surface area (Å²) in [6.45, 7) is 4.87. The average molecular weight is 475 g/mol. The van der Waals surface area contributed by atoms with Crippen LogP contribution >= 0.6 is 0 Å². The second kappa shape index (κ2) is 7.93. The Kier molecular flexibility index (Phi) is 4.95. The van der Waals surface area contributed by atoms with E-state index in [1.54, 1.807) is 7.05 Å². The number of likely N-dealkylation sites (tertiary alicyclic amines) is 1. The van der Waals surface area contributed by atoms with Crippen molar-refractivity contribution in [3.8, 4) is 11.1 Å². The lowest BCUT2D eigenvalue weighted by molar-refractivity contribution is 0.0400. The Morgan fingerprint density at radius 2 is 1.91 bits per heavy atom. The minimum atomic E-state index is -0.953. The van der Waals surface area contributed by atoms with Gasteiger partial charge in [0.25, 0.3) is 11.8 Å². The lowest BCUT2D eigenvalue weighted by Gasteiger charge is -2.34. The number of hydrogen-bond acceptors (Lipinski definition) is 4. The van der Waals surface area contributed by atoms with Gasteiger partial charge in [-0.15, -0.1) is 0 Å². The van der Waals surface area contributed by atoms with E-state index in [0.717, 1.165) is 45.2 Å². The summed E-state index contributed by atoms with van der Waals surface area (Å²) in [6, 6.07) is 9.61. The highest BCUT2D eigenvalue weighted by Gasteiger charge is 2.32. The van der Waals surface area contributed by atoms with Gasteiger partial charge in [-0.1, -0.05) is 5.16 Å². The monoisotopic (exact) mass is 474 g/mol. The highest BCUT2D eigenvalue weighted by Crippen LogP contribution is 2.40. The second-order valence-corrected chi connectivity index (χ2v) is 9.79. The third-order valence-electron chi connectivity index (χ3n) is 7.27. The van der Waals surface area contributed by atoms with Crippen LogP contribution in [-0.2, 0) is 6.54 Å². The normalized spacial score (nSPS) is 16.2. The maximum absolute atomic E-state index is 13.4. The molecule has 2 amide bonds. The van der Waals surface area contributed by atoms with Crippen LogP contribution < -0.4 is 5.32 Å². The van der Waals surface area contributed by atoms with Crippen molar-refractivity contribution in [1.29, 1.82) is 0 Å². The van der Waals surface area contributed by atoms with E-state index in [1.807, 2.05) is 38.1 Å². The minimum Gasteiger partial charge on any atom is -0.361 e. The fourth-order valence-electron chi connectivity index (χ4n) is 5.24. The molecule has 0 unspecified atom stereocenters. The molecular formula is C27H27FN4O3. The molecule has 6 rings (SSSR count). The molecule has 2 aromatic carbocycles. The lowest BCUT2D eigenvalue weighted by atomic mass is 9.96. The number of fused-ring (bicyclic) bond motifs is 3. The Labute approximate surface area is 201 Å². The van der Waals surface area contributed by atoms with Gasteiger partial charge >= 0.3 is 0 Å². The van der Waals surface area contributed by atoms with Crippen LogP contribution in [0.5, 0.6) is 0 Å². The van der Waals surface area contributed by atoms with E-state index in [4.69, 9.17) is 4.52 Å². The summed E-state index contributed by atoms with van der Waals surface area (Å²) in [5.41, 5.74) is 5.50. The fraction of sp³-hybridized carbons (Fsp3) is 0.370. The topological polar surface area (TPSA) is 80.4 Å². The summed E-state index contributed by atoms with van der Waals surface area (Å²) in [4.78, 5) is 27.6. The molecule has 35 heavy (non-hydrogen) atoms. The summed E-state index contributed by atoms with van der Waals surface area (Å²) in [7, 11) is 1.62. The van der Waals surface area contributed by atoms with Gasteiger partial charge in [0.2, 0.25) is 0 Å². The highest BCUT2D eigenvalue weighted by molar-refractivity contribution is 6.20. The summed E-state index contributed by atoms with van der Waals surface area (Å²) in [5.74, 6) is 0.915. The van der Waals surface area contributed by atoms with E-state index < -0.39 is 6.17 Å². The van der Waals surface area contributed by atoms with Crippen molar-refractivity contribution in [3.05, 3.63) is 52.9 Å². The molecule has 1 aliphatic heterocycles. The van der Waals surface area contributed by atoms with Gasteiger partial charge in [-0.3, -0.25) is 9.59 Å². The molecule has 7 nitrogen and oxygen atoms in total. The zero-order valence-electron chi connectivity index (χ0n) is 20.0. The molecule has 8 heteroatoms. The van der Waals surface area contributed by atoms with Crippen LogP contribution in [0.2, 0.25) is 0 Å². The molecule has 1 saturated heterocycles. The molecule has 2 fully saturated rings. The number of aryl methyl sites for hydroxylation is 2. The van der Waals surface area contributed by atoms with Gasteiger partial charge in [0.15, 0.2) is 0 Å². The molecule has 0 bridgehead atoms. The van der Waals surface area contributed by atoms with Gasteiger partial charge in [-0.05, 0) is 68.5 Å². The molecule has 1 aliphatic carbocycles. The molecule has 2 aliphatic rings. The molecule has 3 heterocycles. The molecule has 0 spiro atoms. The smallest absolute Gasteiger partial charge is 0.254 e. The number of amides is 2. The van der Waals surface area contributed by atoms with Crippen LogP contribution in [-0.4, -0.2) is 52.7 Å². The quantitative estimate of drug-likeness (QED) is 0.457. The number of halogens is 1. The van der Waals surface area contributed by atoms with Crippen LogP contribution in [0, 0.1) is 19.8 Å². The van der Waals surface area contributed by atoms with E-state index in [9.17, 15) is 14.0 Å². The van der Waals surface area contributed by atoms with Gasteiger partial charge in [0.05, 0.1) is 24.3 Å². The van der Waals surface area contributed by atoms with Gasteiger partial charge in [-0.2, -0.15) is 0 Å². The molecule has 0 atom stereocenters. The number of carbonyl (C=O) groups is 2. The minimum absolute atomic E-state index is 0.130. The van der Waals surface area contributed by atoms with Crippen molar-refractivity contribution < 1.29 is 18.5 Å². The van der Waals surface area contributed by atoms with E-state index >= 15 is 0 Å². The highest BCUT2D eigenvalue weighted by atomic mass is 19.1. The maximum Gasteiger partial charge on any atom is 0.254 e. The van der Waals surface area contributed by atoms with Crippen LogP contribution in [0.25, 0.3) is 32.9 Å². The number of hydrogen-bond donors (Lipinski definition) is 1. The van der Waals surface area contributed by atoms with Gasteiger partial charge in [-0.25, -0.2) is 4.39 Å². The van der Waals surface area contributed by atoms with Crippen LogP contribution in [0.15, 0.2) is 34.9 Å². The number of rotatable bonds is 5. The van der Waals surface area contributed by atoms with Gasteiger partial charge < -0.3 is 19.3 Å². The van der Waals surface area contributed by atoms with E-state index in [0.29, 0.717) is 22.8 Å². The first-order chi connectivity index (χ1) is 16.9. The van der Waals surface area contributed by atoms with Crippen molar-refractivity contribution in [1.82, 2.24) is 19.9 Å². The van der Waals surface area contributed by atoms with Crippen molar-refractivity contribution in [2.75, 3.05) is 20.1 Å². The number of benzene rings is 2. The number of nitrogens with one attached hydrogen (secondary N) is 1. The first kappa shape index (κ1) is 21.8. The van der Waals surface area contributed by atoms with Crippen molar-refractivity contribution in [3.63, 3.8) is 0 Å². The summed E-state index contributed by atoms with van der Waals surface area (Å²) in [6.07, 6.45) is 1.41. The molecule has 1 N–H and O–H groups in total. The largest absolute Gasteiger partial charge is 0.361 e. The van der Waals surface area contributed by atoms with E-state index in [2.05, 4.69) is 21.1 Å². The summed E-state index contributed by atoms with van der Waals surface area (Å²) in [5, 5.41) is 8.55. The third-order valence-corrected chi connectivity index (χ3v) is 7.27. The van der Waals surface area contributed by atoms with Crippen molar-refractivity contribution in [2.24, 2.45) is 5.92 Å². The average Bonchev–Trinajstić information content (AvgIpc) is 3.53. The third kappa shape index (κ3) is 3.50. The Hall–Kier alpha value is -3.68. The Morgan fingerprint density at radius 3 is 2.54 bits per heavy atom. The predicted molar refractivity (Wildman–Crippen MR) is 131 cm³/mol. The van der Waals surface area contributed by atoms with Crippen molar-refractivity contribution >= 4 is 33.6 Å². The standard InChI is InChI=1S/C27H27FN4O3/c1-14-24(15(2)35-30-14)18-9-21(26(33)29-3)25-20-8-17(27(34)31-12-19(28)13-31)6-7-22(20)32(23(25)10-18)11-16-4-5-16/h6-10,16,19H,4-5,11-13H2,1-3H3,(H,29,33). The number of alkyl halides is 1. The maximum atomic E-state index is 13.4. The molecule has 1 saturated carbocycles. The summed E-state index contributed by atoms with van der Waals surface area (Å²) >= 11 is 0. The zero-order chi connectivity index (χ0) is 24.4. The lowest BCUT2D eigenvalue weighted by Crippen LogP contribution is -2.51. The number of nitrogens with zero attached hydrogens (tertiary/aromatic N) is 3. The molecular weight excluding hydrogens is 447 g/mol. The Balaban J connectivity index is 1.62.